The quantitative estimate of drug-likeness (QED) is 0.668. The van der Waals surface area contributed by atoms with Gasteiger partial charge in [0.1, 0.15) is 11.6 Å². The van der Waals surface area contributed by atoms with E-state index >= 15 is 0 Å². The number of amides is 3. The van der Waals surface area contributed by atoms with Crippen molar-refractivity contribution in [3.63, 3.8) is 0 Å². The van der Waals surface area contributed by atoms with E-state index in [4.69, 9.17) is 9.47 Å². The van der Waals surface area contributed by atoms with Gasteiger partial charge in [0.05, 0.1) is 6.61 Å². The van der Waals surface area contributed by atoms with E-state index in [0.29, 0.717) is 45.1 Å². The minimum atomic E-state index is -0.610. The van der Waals surface area contributed by atoms with Crippen LogP contribution in [-0.2, 0) is 14.3 Å². The Morgan fingerprint density at radius 1 is 1.07 bits per heavy atom. The summed E-state index contributed by atoms with van der Waals surface area (Å²) in [6.07, 6.45) is 3.77. The summed E-state index contributed by atoms with van der Waals surface area (Å²) in [4.78, 5) is 40.5. The van der Waals surface area contributed by atoms with Crippen LogP contribution >= 0.6 is 0 Å². The zero-order chi connectivity index (χ0) is 20.7. The predicted octanol–water partition coefficient (Wildman–Crippen LogP) is 2.76. The van der Waals surface area contributed by atoms with Crippen LogP contribution in [-0.4, -0.2) is 72.3 Å². The number of hydrogen-bond acceptors (Lipinski definition) is 5. The Labute approximate surface area is 167 Å². The lowest BCUT2D eigenvalue weighted by Crippen LogP contribution is -2.56. The van der Waals surface area contributed by atoms with Crippen molar-refractivity contribution in [2.45, 2.75) is 71.4 Å². The van der Waals surface area contributed by atoms with Crippen LogP contribution < -0.4 is 5.32 Å². The topological polar surface area (TPSA) is 88.2 Å². The Bertz CT molecular complexity index is 549. The molecule has 0 aromatic carbocycles. The summed E-state index contributed by atoms with van der Waals surface area (Å²) in [5.41, 5.74) is -0.610. The molecule has 2 fully saturated rings. The van der Waals surface area contributed by atoms with E-state index in [1.807, 2.05) is 6.92 Å². The summed E-state index contributed by atoms with van der Waals surface area (Å²) < 4.78 is 10.5. The van der Waals surface area contributed by atoms with E-state index in [1.54, 1.807) is 30.6 Å². The molecule has 1 saturated heterocycles. The summed E-state index contributed by atoms with van der Waals surface area (Å²) in [6.45, 7) is 9.63. The van der Waals surface area contributed by atoms with Crippen molar-refractivity contribution in [3.8, 4) is 0 Å². The summed E-state index contributed by atoms with van der Waals surface area (Å²) in [5, 5.41) is 2.75. The van der Waals surface area contributed by atoms with Gasteiger partial charge in [0.2, 0.25) is 5.91 Å². The first-order chi connectivity index (χ1) is 13.2. The molecule has 1 saturated carbocycles. The molecule has 0 bridgehead atoms. The number of nitrogens with zero attached hydrogens (tertiary/aromatic N) is 2. The van der Waals surface area contributed by atoms with E-state index < -0.39 is 17.7 Å². The highest BCUT2D eigenvalue weighted by Crippen LogP contribution is 2.34. The molecule has 1 aliphatic carbocycles. The van der Waals surface area contributed by atoms with E-state index in [1.165, 1.54) is 0 Å². The van der Waals surface area contributed by atoms with Crippen LogP contribution in [0.5, 0.6) is 0 Å². The zero-order valence-corrected chi connectivity index (χ0v) is 17.7. The maximum Gasteiger partial charge on any atom is 0.409 e. The third-order valence-corrected chi connectivity index (χ3v) is 4.83. The van der Waals surface area contributed by atoms with Crippen LogP contribution in [0.25, 0.3) is 0 Å². The molecule has 160 valence electrons. The molecule has 1 aliphatic heterocycles. The number of carbonyl (C=O) groups is 3. The lowest BCUT2D eigenvalue weighted by atomic mass is 10.1. The minimum absolute atomic E-state index is 0.100. The highest BCUT2D eigenvalue weighted by molar-refractivity contribution is 5.86. The fourth-order valence-corrected chi connectivity index (χ4v) is 3.08. The highest BCUT2D eigenvalue weighted by atomic mass is 16.6. The monoisotopic (exact) mass is 397 g/mol. The first-order valence-electron chi connectivity index (χ1n) is 10.4. The summed E-state index contributed by atoms with van der Waals surface area (Å²) in [6, 6.07) is -0.578. The van der Waals surface area contributed by atoms with Crippen LogP contribution in [0.4, 0.5) is 9.59 Å². The molecule has 3 amide bonds. The van der Waals surface area contributed by atoms with Gasteiger partial charge in [0.15, 0.2) is 0 Å². The Balaban J connectivity index is 1.85. The van der Waals surface area contributed by atoms with Crippen molar-refractivity contribution in [3.05, 3.63) is 0 Å². The Morgan fingerprint density at radius 2 is 1.68 bits per heavy atom. The molecule has 1 N–H and O–H groups in total. The molecule has 2 aliphatic rings. The Kier molecular flexibility index (Phi) is 7.95. The second kappa shape index (κ2) is 9.98. The van der Waals surface area contributed by atoms with E-state index in [0.717, 1.165) is 25.7 Å². The van der Waals surface area contributed by atoms with Gasteiger partial charge in [-0.3, -0.25) is 4.79 Å². The Morgan fingerprint density at radius 3 is 2.21 bits per heavy atom. The van der Waals surface area contributed by atoms with E-state index in [-0.39, 0.29) is 12.0 Å². The zero-order valence-electron chi connectivity index (χ0n) is 17.7. The van der Waals surface area contributed by atoms with Crippen LogP contribution in [0.2, 0.25) is 0 Å². The summed E-state index contributed by atoms with van der Waals surface area (Å²) in [7, 11) is 0. The van der Waals surface area contributed by atoms with Gasteiger partial charge in [-0.25, -0.2) is 9.59 Å². The summed E-state index contributed by atoms with van der Waals surface area (Å²) >= 11 is 0. The third-order valence-electron chi connectivity index (χ3n) is 4.83. The number of nitrogens with one attached hydrogen (secondary N) is 1. The molecule has 8 nitrogen and oxygen atoms in total. The molecule has 0 aromatic heterocycles. The van der Waals surface area contributed by atoms with Gasteiger partial charge in [-0.1, -0.05) is 26.2 Å². The molecule has 0 radical (unpaired) electrons. The first kappa shape index (κ1) is 22.3. The second-order valence-corrected chi connectivity index (χ2v) is 8.66. The first-order valence-corrected chi connectivity index (χ1v) is 10.4. The van der Waals surface area contributed by atoms with E-state index in [2.05, 4.69) is 5.32 Å². The second-order valence-electron chi connectivity index (χ2n) is 8.66. The lowest BCUT2D eigenvalue weighted by Gasteiger charge is -2.36. The highest BCUT2D eigenvalue weighted by Gasteiger charge is 2.35. The maximum atomic E-state index is 13.0. The fourth-order valence-electron chi connectivity index (χ4n) is 3.08. The standard InChI is InChI=1S/C20H35N3O5/c1-5-6-13-27-19(26)23-11-9-22(10-12-23)17(24)16(14-15-7-8-15)21-18(25)28-20(2,3)4/h15-16H,5-14H2,1-4H3,(H,21,25)/t16-/m0/s1. The lowest BCUT2D eigenvalue weighted by molar-refractivity contribution is -0.135. The molecule has 0 aromatic rings. The molecule has 28 heavy (non-hydrogen) atoms. The number of alkyl carbamates (subject to hydrolysis) is 1. The molecule has 0 spiro atoms. The molecule has 1 heterocycles. The molecular weight excluding hydrogens is 362 g/mol. The smallest absolute Gasteiger partial charge is 0.409 e. The van der Waals surface area contributed by atoms with Crippen molar-refractivity contribution in [2.24, 2.45) is 5.92 Å². The largest absolute Gasteiger partial charge is 0.449 e. The predicted molar refractivity (Wildman–Crippen MR) is 105 cm³/mol. The maximum absolute atomic E-state index is 13.0. The minimum Gasteiger partial charge on any atom is -0.449 e. The van der Waals surface area contributed by atoms with Gasteiger partial charge in [-0.15, -0.1) is 0 Å². The molecule has 8 heteroatoms. The van der Waals surface area contributed by atoms with Crippen LogP contribution in [0.15, 0.2) is 0 Å². The molecule has 1 atom stereocenters. The number of ether oxygens (including phenoxy) is 2. The van der Waals surface area contributed by atoms with Crippen molar-refractivity contribution in [1.29, 1.82) is 0 Å². The SMILES string of the molecule is CCCCOC(=O)N1CCN(C(=O)[C@H](CC2CC2)NC(=O)OC(C)(C)C)CC1. The van der Waals surface area contributed by atoms with Crippen molar-refractivity contribution >= 4 is 18.1 Å². The number of rotatable bonds is 7. The molecular formula is C20H35N3O5. The van der Waals surface area contributed by atoms with Crippen molar-refractivity contribution < 1.29 is 23.9 Å². The summed E-state index contributed by atoms with van der Waals surface area (Å²) in [5.74, 6) is 0.385. The molecule has 2 rings (SSSR count). The van der Waals surface area contributed by atoms with Crippen LogP contribution in [0.1, 0.15) is 59.8 Å². The average Bonchev–Trinajstić information content (AvgIpc) is 3.43. The number of piperazine rings is 1. The van der Waals surface area contributed by atoms with Crippen LogP contribution in [0.3, 0.4) is 0 Å². The number of unbranched alkanes of at least 4 members (excludes halogenated alkanes) is 1. The van der Waals surface area contributed by atoms with Crippen molar-refractivity contribution in [1.82, 2.24) is 15.1 Å². The van der Waals surface area contributed by atoms with E-state index in [9.17, 15) is 14.4 Å². The van der Waals surface area contributed by atoms with Gasteiger partial charge < -0.3 is 24.6 Å². The molecule has 0 unspecified atom stereocenters. The average molecular weight is 398 g/mol. The van der Waals surface area contributed by atoms with Gasteiger partial charge in [-0.05, 0) is 39.5 Å². The number of hydrogen-bond donors (Lipinski definition) is 1. The fraction of sp³-hybridized carbons (Fsp3) is 0.850. The normalized spacial score (nSPS) is 18.4. The van der Waals surface area contributed by atoms with Gasteiger partial charge in [-0.2, -0.15) is 0 Å². The van der Waals surface area contributed by atoms with Crippen molar-refractivity contribution in [2.75, 3.05) is 32.8 Å². The van der Waals surface area contributed by atoms with Crippen LogP contribution in [0, 0.1) is 5.92 Å². The number of carbonyl (C=O) groups excluding carboxylic acids is 3. The van der Waals surface area contributed by atoms with Gasteiger partial charge in [0, 0.05) is 26.2 Å². The Hall–Kier alpha value is -1.99. The van der Waals surface area contributed by atoms with Gasteiger partial charge >= 0.3 is 12.2 Å². The van der Waals surface area contributed by atoms with Gasteiger partial charge in [0.25, 0.3) is 0 Å². The third kappa shape index (κ3) is 7.56.